The molecule has 0 spiro atoms. The van der Waals surface area contributed by atoms with E-state index in [0.29, 0.717) is 17.0 Å². The zero-order chi connectivity index (χ0) is 20.4. The Labute approximate surface area is 168 Å². The van der Waals surface area contributed by atoms with E-state index in [0.717, 1.165) is 28.5 Å². The quantitative estimate of drug-likeness (QED) is 0.494. The Morgan fingerprint density at radius 2 is 1.83 bits per heavy atom. The second kappa shape index (κ2) is 7.63. The Kier molecular flexibility index (Phi) is 5.02. The summed E-state index contributed by atoms with van der Waals surface area (Å²) >= 11 is 1.22. The topological polar surface area (TPSA) is 54.9 Å². The number of fused-ring (bicyclic) bond motifs is 1. The maximum Gasteiger partial charge on any atom is 0.416 e. The van der Waals surface area contributed by atoms with E-state index in [-0.39, 0.29) is 12.5 Å². The molecule has 0 saturated heterocycles. The summed E-state index contributed by atoms with van der Waals surface area (Å²) in [7, 11) is 0. The summed E-state index contributed by atoms with van der Waals surface area (Å²) in [5.41, 5.74) is 2.87. The van der Waals surface area contributed by atoms with E-state index in [1.54, 1.807) is 23.7 Å². The average Bonchev–Trinajstić information content (AvgIpc) is 3.24. The molecule has 0 aliphatic rings. The van der Waals surface area contributed by atoms with Gasteiger partial charge in [-0.25, -0.2) is 4.98 Å². The summed E-state index contributed by atoms with van der Waals surface area (Å²) in [5, 5.41) is 4.44. The summed E-state index contributed by atoms with van der Waals surface area (Å²) < 4.78 is 42.5. The third kappa shape index (κ3) is 4.12. The van der Waals surface area contributed by atoms with Gasteiger partial charge in [0.25, 0.3) is 5.91 Å². The van der Waals surface area contributed by atoms with Gasteiger partial charge >= 0.3 is 6.18 Å². The van der Waals surface area contributed by atoms with Crippen molar-refractivity contribution in [1.29, 1.82) is 0 Å². The van der Waals surface area contributed by atoms with Gasteiger partial charge in [-0.1, -0.05) is 36.4 Å². The summed E-state index contributed by atoms with van der Waals surface area (Å²) in [5.74, 6) is 0.301. The molecule has 0 aliphatic heterocycles. The molecule has 0 atom stereocenters. The highest BCUT2D eigenvalue weighted by Gasteiger charge is 2.30. The van der Waals surface area contributed by atoms with Crippen LogP contribution in [0.5, 0.6) is 0 Å². The van der Waals surface area contributed by atoms with E-state index in [4.69, 9.17) is 0 Å². The number of carbonyl (C=O) groups is 1. The lowest BCUT2D eigenvalue weighted by molar-refractivity contribution is -0.137. The largest absolute Gasteiger partial charge is 0.416 e. The van der Waals surface area contributed by atoms with Crippen LogP contribution in [0.25, 0.3) is 21.9 Å². The summed E-state index contributed by atoms with van der Waals surface area (Å²) in [4.78, 5) is 16.4. The number of alkyl halides is 3. The molecule has 0 radical (unpaired) electrons. The summed E-state index contributed by atoms with van der Waals surface area (Å²) in [6, 6.07) is 15.8. The molecule has 4 nitrogen and oxygen atoms in total. The van der Waals surface area contributed by atoms with Gasteiger partial charge in [-0.05, 0) is 57.7 Å². The van der Waals surface area contributed by atoms with E-state index in [1.165, 1.54) is 23.7 Å². The molecule has 29 heavy (non-hydrogen) atoms. The Morgan fingerprint density at radius 3 is 2.52 bits per heavy atom. The van der Waals surface area contributed by atoms with Gasteiger partial charge in [-0.3, -0.25) is 4.79 Å². The van der Waals surface area contributed by atoms with Gasteiger partial charge in [0, 0.05) is 5.56 Å². The Bertz CT molecular complexity index is 1160. The highest BCUT2D eigenvalue weighted by molar-refractivity contribution is 7.03. The van der Waals surface area contributed by atoms with Crippen molar-refractivity contribution in [3.8, 4) is 11.1 Å². The van der Waals surface area contributed by atoms with Crippen molar-refractivity contribution in [3.05, 3.63) is 83.1 Å². The van der Waals surface area contributed by atoms with Gasteiger partial charge in [-0.2, -0.15) is 17.5 Å². The highest BCUT2D eigenvalue weighted by Crippen LogP contribution is 2.33. The molecule has 1 heterocycles. The SMILES string of the molecule is O=C(NCc1ncsn1)c1ccc2c(-c3ccc(C(F)(F)F)cc3)cccc2c1. The van der Waals surface area contributed by atoms with Crippen LogP contribution < -0.4 is 5.32 Å². The van der Waals surface area contributed by atoms with Gasteiger partial charge < -0.3 is 5.32 Å². The van der Waals surface area contributed by atoms with Crippen molar-refractivity contribution in [2.75, 3.05) is 0 Å². The lowest BCUT2D eigenvalue weighted by Crippen LogP contribution is -2.23. The predicted molar refractivity (Wildman–Crippen MR) is 105 cm³/mol. The van der Waals surface area contributed by atoms with Crippen LogP contribution in [0.15, 0.2) is 66.2 Å². The van der Waals surface area contributed by atoms with E-state index in [9.17, 15) is 18.0 Å². The molecule has 4 aromatic rings. The fourth-order valence-electron chi connectivity index (χ4n) is 3.05. The maximum atomic E-state index is 12.8. The zero-order valence-corrected chi connectivity index (χ0v) is 15.7. The minimum absolute atomic E-state index is 0.242. The number of amides is 1. The molecular weight excluding hydrogens is 399 g/mol. The monoisotopic (exact) mass is 413 g/mol. The Hall–Kier alpha value is -3.26. The summed E-state index contributed by atoms with van der Waals surface area (Å²) in [6.07, 6.45) is -4.37. The summed E-state index contributed by atoms with van der Waals surface area (Å²) in [6.45, 7) is 0.242. The fraction of sp³-hybridized carbons (Fsp3) is 0.0952. The van der Waals surface area contributed by atoms with Gasteiger partial charge in [0.2, 0.25) is 0 Å². The first kappa shape index (κ1) is 19.1. The van der Waals surface area contributed by atoms with Crippen LogP contribution >= 0.6 is 11.5 Å². The highest BCUT2D eigenvalue weighted by atomic mass is 32.1. The molecule has 0 unspecified atom stereocenters. The number of rotatable bonds is 4. The van der Waals surface area contributed by atoms with Gasteiger partial charge in [0.15, 0.2) is 5.82 Å². The number of hydrogen-bond acceptors (Lipinski definition) is 4. The minimum atomic E-state index is -4.37. The van der Waals surface area contributed by atoms with Crippen LogP contribution in [-0.4, -0.2) is 15.3 Å². The molecule has 4 rings (SSSR count). The van der Waals surface area contributed by atoms with E-state index < -0.39 is 11.7 Å². The van der Waals surface area contributed by atoms with Crippen LogP contribution in [0.4, 0.5) is 13.2 Å². The van der Waals surface area contributed by atoms with Gasteiger partial charge in [-0.15, -0.1) is 0 Å². The molecule has 0 bridgehead atoms. The number of nitrogens with one attached hydrogen (secondary N) is 1. The molecule has 1 amide bonds. The fourth-order valence-corrected chi connectivity index (χ4v) is 3.50. The van der Waals surface area contributed by atoms with Crippen molar-refractivity contribution in [2.24, 2.45) is 0 Å². The molecule has 1 aromatic heterocycles. The Balaban J connectivity index is 1.61. The first-order valence-electron chi connectivity index (χ1n) is 8.66. The molecular formula is C21H14F3N3OS. The first-order chi connectivity index (χ1) is 13.9. The lowest BCUT2D eigenvalue weighted by Gasteiger charge is -2.11. The molecule has 0 aliphatic carbocycles. The zero-order valence-electron chi connectivity index (χ0n) is 14.9. The second-order valence-electron chi connectivity index (χ2n) is 6.35. The number of halogens is 3. The second-order valence-corrected chi connectivity index (χ2v) is 6.95. The average molecular weight is 413 g/mol. The van der Waals surface area contributed by atoms with Gasteiger partial charge in [0.05, 0.1) is 12.1 Å². The number of hydrogen-bond donors (Lipinski definition) is 1. The molecule has 3 aromatic carbocycles. The van der Waals surface area contributed by atoms with Crippen molar-refractivity contribution in [1.82, 2.24) is 14.7 Å². The Morgan fingerprint density at radius 1 is 1.03 bits per heavy atom. The van der Waals surface area contributed by atoms with E-state index in [1.807, 2.05) is 18.2 Å². The smallest absolute Gasteiger partial charge is 0.345 e. The van der Waals surface area contributed by atoms with Crippen molar-refractivity contribution in [3.63, 3.8) is 0 Å². The lowest BCUT2D eigenvalue weighted by atomic mass is 9.96. The van der Waals surface area contributed by atoms with E-state index >= 15 is 0 Å². The predicted octanol–water partition coefficient (Wildman–Crippen LogP) is 5.31. The number of carbonyl (C=O) groups excluding carboxylic acids is 1. The van der Waals surface area contributed by atoms with Crippen LogP contribution in [0.2, 0.25) is 0 Å². The van der Waals surface area contributed by atoms with E-state index in [2.05, 4.69) is 14.7 Å². The maximum absolute atomic E-state index is 12.8. The van der Waals surface area contributed by atoms with Crippen molar-refractivity contribution in [2.45, 2.75) is 12.7 Å². The molecule has 146 valence electrons. The molecule has 0 saturated carbocycles. The standard InChI is InChI=1S/C21H14F3N3OS/c22-21(23,24)16-7-4-13(5-8-16)17-3-1-2-14-10-15(6-9-18(14)17)20(28)25-11-19-26-12-29-27-19/h1-10,12H,11H2,(H,25,28). The third-order valence-corrected chi connectivity index (χ3v) is 5.00. The number of nitrogens with zero attached hydrogens (tertiary/aromatic N) is 2. The van der Waals surface area contributed by atoms with Crippen LogP contribution in [0.1, 0.15) is 21.7 Å². The van der Waals surface area contributed by atoms with Crippen LogP contribution in [-0.2, 0) is 12.7 Å². The molecule has 8 heteroatoms. The minimum Gasteiger partial charge on any atom is -0.345 e. The number of benzene rings is 3. The molecule has 1 N–H and O–H groups in total. The third-order valence-electron chi connectivity index (χ3n) is 4.48. The van der Waals surface area contributed by atoms with Gasteiger partial charge in [0.1, 0.15) is 5.51 Å². The van der Waals surface area contributed by atoms with Crippen molar-refractivity contribution >= 4 is 28.2 Å². The van der Waals surface area contributed by atoms with Crippen molar-refractivity contribution < 1.29 is 18.0 Å². The van der Waals surface area contributed by atoms with Crippen LogP contribution in [0.3, 0.4) is 0 Å². The van der Waals surface area contributed by atoms with Crippen LogP contribution in [0, 0.1) is 0 Å². The molecule has 0 fully saturated rings. The first-order valence-corrected chi connectivity index (χ1v) is 9.49. The number of aromatic nitrogens is 2. The normalized spacial score (nSPS) is 11.6.